The van der Waals surface area contributed by atoms with Gasteiger partial charge in [0.1, 0.15) is 0 Å². The molecule has 0 saturated heterocycles. The zero-order valence-corrected chi connectivity index (χ0v) is 9.61. The maximum atomic E-state index is 9.38. The molecule has 0 radical (unpaired) electrons. The first-order valence-electron chi connectivity index (χ1n) is 4.66. The first-order valence-corrected chi connectivity index (χ1v) is 5.54. The molecule has 0 aliphatic heterocycles. The molecule has 1 rings (SSSR count). The van der Waals surface area contributed by atoms with Crippen LogP contribution in [-0.2, 0) is 5.41 Å². The zero-order valence-electron chi connectivity index (χ0n) is 8.79. The minimum atomic E-state index is -0.225. The number of hydrogen-bond acceptors (Lipinski definition) is 2. The van der Waals surface area contributed by atoms with Crippen molar-refractivity contribution in [2.45, 2.75) is 45.6 Å². The van der Waals surface area contributed by atoms with Gasteiger partial charge in [-0.2, -0.15) is 0 Å². The summed E-state index contributed by atoms with van der Waals surface area (Å²) in [5, 5.41) is 11.5. The van der Waals surface area contributed by atoms with Crippen LogP contribution < -0.4 is 0 Å². The van der Waals surface area contributed by atoms with Gasteiger partial charge in [0.15, 0.2) is 0 Å². The molecule has 1 heterocycles. The lowest BCUT2D eigenvalue weighted by atomic mass is 9.84. The van der Waals surface area contributed by atoms with Crippen molar-refractivity contribution in [1.82, 2.24) is 0 Å². The molecule has 1 atom stereocenters. The lowest BCUT2D eigenvalue weighted by Crippen LogP contribution is -2.22. The molecule has 0 bridgehead atoms. The summed E-state index contributed by atoms with van der Waals surface area (Å²) in [6.07, 6.45) is 0.602. The van der Waals surface area contributed by atoms with Gasteiger partial charge in [-0.15, -0.1) is 11.3 Å². The van der Waals surface area contributed by atoms with Crippen molar-refractivity contribution in [2.24, 2.45) is 0 Å². The monoisotopic (exact) mass is 198 g/mol. The average molecular weight is 198 g/mol. The Morgan fingerprint density at radius 1 is 1.54 bits per heavy atom. The number of hydrogen-bond donors (Lipinski definition) is 1. The minimum Gasteiger partial charge on any atom is -0.393 e. The van der Waals surface area contributed by atoms with Gasteiger partial charge in [-0.1, -0.05) is 13.8 Å². The van der Waals surface area contributed by atoms with E-state index in [4.69, 9.17) is 0 Å². The largest absolute Gasteiger partial charge is 0.393 e. The number of aliphatic hydroxyl groups excluding tert-OH is 1. The normalized spacial score (nSPS) is 14.5. The fraction of sp³-hybridized carbons (Fsp3) is 0.636. The Bertz CT molecular complexity index is 273. The van der Waals surface area contributed by atoms with Crippen molar-refractivity contribution >= 4 is 11.3 Å². The lowest BCUT2D eigenvalue weighted by Gasteiger charge is -2.25. The summed E-state index contributed by atoms with van der Waals surface area (Å²) in [5.41, 5.74) is 1.45. The van der Waals surface area contributed by atoms with Crippen LogP contribution in [0.1, 0.15) is 37.6 Å². The topological polar surface area (TPSA) is 20.2 Å². The predicted octanol–water partition coefficient (Wildman–Crippen LogP) is 3.11. The Kier molecular flexibility index (Phi) is 3.14. The number of aliphatic hydroxyl groups is 1. The van der Waals surface area contributed by atoms with Gasteiger partial charge < -0.3 is 5.11 Å². The van der Waals surface area contributed by atoms with Crippen LogP contribution in [-0.4, -0.2) is 11.2 Å². The molecule has 0 aliphatic carbocycles. The van der Waals surface area contributed by atoms with Gasteiger partial charge in [-0.05, 0) is 37.3 Å². The summed E-state index contributed by atoms with van der Waals surface area (Å²) in [6.45, 7) is 8.37. The molecule has 13 heavy (non-hydrogen) atoms. The van der Waals surface area contributed by atoms with Crippen LogP contribution in [0.5, 0.6) is 0 Å². The first kappa shape index (κ1) is 10.7. The highest BCUT2D eigenvalue weighted by Gasteiger charge is 2.25. The Labute approximate surface area is 84.4 Å². The van der Waals surface area contributed by atoms with Crippen LogP contribution >= 0.6 is 11.3 Å². The molecule has 0 aliphatic rings. The third-order valence-corrected chi connectivity index (χ3v) is 3.66. The smallest absolute Gasteiger partial charge is 0.0520 e. The van der Waals surface area contributed by atoms with Crippen LogP contribution in [0.2, 0.25) is 0 Å². The van der Waals surface area contributed by atoms with Crippen molar-refractivity contribution in [3.8, 4) is 0 Å². The fourth-order valence-electron chi connectivity index (χ4n) is 1.90. The Morgan fingerprint density at radius 3 is 2.54 bits per heavy atom. The van der Waals surface area contributed by atoms with Gasteiger partial charge in [0.05, 0.1) is 6.10 Å². The second-order valence-electron chi connectivity index (χ2n) is 4.37. The van der Waals surface area contributed by atoms with Crippen LogP contribution in [0.15, 0.2) is 11.4 Å². The van der Waals surface area contributed by atoms with Gasteiger partial charge >= 0.3 is 0 Å². The molecular formula is C11H18OS. The number of aryl methyl sites for hydroxylation is 1. The Hall–Kier alpha value is -0.340. The summed E-state index contributed by atoms with van der Waals surface area (Å²) >= 11 is 1.79. The first-order chi connectivity index (χ1) is 5.93. The van der Waals surface area contributed by atoms with E-state index in [0.29, 0.717) is 0 Å². The van der Waals surface area contributed by atoms with Crippen LogP contribution in [0.25, 0.3) is 0 Å². The number of thiophene rings is 1. The van der Waals surface area contributed by atoms with E-state index in [1.165, 1.54) is 10.4 Å². The lowest BCUT2D eigenvalue weighted by molar-refractivity contribution is 0.157. The summed E-state index contributed by atoms with van der Waals surface area (Å²) in [7, 11) is 0. The highest BCUT2D eigenvalue weighted by molar-refractivity contribution is 7.10. The SMILES string of the molecule is Cc1ccsc1C(C)(C)CC(C)O. The second-order valence-corrected chi connectivity index (χ2v) is 5.29. The van der Waals surface area contributed by atoms with Crippen LogP contribution in [0.3, 0.4) is 0 Å². The summed E-state index contributed by atoms with van der Waals surface area (Å²) in [5.74, 6) is 0. The third kappa shape index (κ3) is 2.55. The van der Waals surface area contributed by atoms with Gasteiger partial charge in [0, 0.05) is 10.3 Å². The van der Waals surface area contributed by atoms with Crippen LogP contribution in [0.4, 0.5) is 0 Å². The minimum absolute atomic E-state index is 0.104. The molecule has 1 aromatic heterocycles. The maximum absolute atomic E-state index is 9.38. The molecular weight excluding hydrogens is 180 g/mol. The van der Waals surface area contributed by atoms with E-state index >= 15 is 0 Å². The van der Waals surface area contributed by atoms with Crippen LogP contribution in [0, 0.1) is 6.92 Å². The highest BCUT2D eigenvalue weighted by Crippen LogP contribution is 2.34. The summed E-state index contributed by atoms with van der Waals surface area (Å²) in [6, 6.07) is 2.14. The van der Waals surface area contributed by atoms with E-state index in [1.54, 1.807) is 11.3 Å². The van der Waals surface area contributed by atoms with E-state index < -0.39 is 0 Å². The fourth-order valence-corrected chi connectivity index (χ4v) is 2.96. The van der Waals surface area contributed by atoms with Gasteiger partial charge in [0.2, 0.25) is 0 Å². The van der Waals surface area contributed by atoms with Gasteiger partial charge in [0.25, 0.3) is 0 Å². The molecule has 1 N–H and O–H groups in total. The summed E-state index contributed by atoms with van der Waals surface area (Å²) < 4.78 is 0. The molecule has 1 unspecified atom stereocenters. The standard InChI is InChI=1S/C11H18OS/c1-8-5-6-13-10(8)11(3,4)7-9(2)12/h5-6,9,12H,7H2,1-4H3. The average Bonchev–Trinajstić information content (AvgIpc) is 2.32. The molecule has 2 heteroatoms. The molecule has 74 valence electrons. The van der Waals surface area contributed by atoms with E-state index in [0.717, 1.165) is 6.42 Å². The molecule has 1 nitrogen and oxygen atoms in total. The molecule has 1 aromatic rings. The zero-order chi connectivity index (χ0) is 10.1. The van der Waals surface area contributed by atoms with Crippen molar-refractivity contribution in [3.63, 3.8) is 0 Å². The second kappa shape index (κ2) is 3.81. The molecule has 0 amide bonds. The van der Waals surface area contributed by atoms with Gasteiger partial charge in [-0.25, -0.2) is 0 Å². The number of rotatable bonds is 3. The Morgan fingerprint density at radius 2 is 2.15 bits per heavy atom. The quantitative estimate of drug-likeness (QED) is 0.791. The molecule has 0 aromatic carbocycles. The highest BCUT2D eigenvalue weighted by atomic mass is 32.1. The predicted molar refractivity (Wildman–Crippen MR) is 58.4 cm³/mol. The van der Waals surface area contributed by atoms with Gasteiger partial charge in [-0.3, -0.25) is 0 Å². The van der Waals surface area contributed by atoms with Crippen molar-refractivity contribution in [1.29, 1.82) is 0 Å². The van der Waals surface area contributed by atoms with Crippen molar-refractivity contribution in [2.75, 3.05) is 0 Å². The summed E-state index contributed by atoms with van der Waals surface area (Å²) in [4.78, 5) is 1.40. The molecule has 0 saturated carbocycles. The third-order valence-electron chi connectivity index (χ3n) is 2.28. The molecule has 0 spiro atoms. The molecule has 0 fully saturated rings. The van der Waals surface area contributed by atoms with Crippen molar-refractivity contribution in [3.05, 3.63) is 21.9 Å². The van der Waals surface area contributed by atoms with E-state index in [2.05, 4.69) is 32.2 Å². The van der Waals surface area contributed by atoms with E-state index in [-0.39, 0.29) is 11.5 Å². The van der Waals surface area contributed by atoms with E-state index in [9.17, 15) is 5.11 Å². The maximum Gasteiger partial charge on any atom is 0.0520 e. The Balaban J connectivity index is 2.87. The van der Waals surface area contributed by atoms with E-state index in [1.807, 2.05) is 6.92 Å². The van der Waals surface area contributed by atoms with Crippen molar-refractivity contribution < 1.29 is 5.11 Å².